The van der Waals surface area contributed by atoms with Gasteiger partial charge in [0.05, 0.1) is 11.5 Å². The van der Waals surface area contributed by atoms with Gasteiger partial charge in [0, 0.05) is 23.7 Å². The van der Waals surface area contributed by atoms with Gasteiger partial charge < -0.3 is 0 Å². The van der Waals surface area contributed by atoms with Crippen molar-refractivity contribution in [3.8, 4) is 6.07 Å². The van der Waals surface area contributed by atoms with E-state index in [1.807, 2.05) is 0 Å². The molecule has 3 fully saturated rings. The van der Waals surface area contributed by atoms with Crippen LogP contribution in [0.4, 0.5) is 0 Å². The summed E-state index contributed by atoms with van der Waals surface area (Å²) in [5.74, 6) is 0.128. The molecule has 1 unspecified atom stereocenters. The third-order valence-electron chi connectivity index (χ3n) is 5.49. The summed E-state index contributed by atoms with van der Waals surface area (Å²) in [6.07, 6.45) is 5.17. The van der Waals surface area contributed by atoms with E-state index in [1.54, 1.807) is 6.92 Å². The highest BCUT2D eigenvalue weighted by Gasteiger charge is 2.76. The highest BCUT2D eigenvalue weighted by atomic mass is 16.1. The lowest BCUT2D eigenvalue weighted by atomic mass is 9.72. The second kappa shape index (κ2) is 2.53. The van der Waals surface area contributed by atoms with Crippen molar-refractivity contribution in [2.45, 2.75) is 13.3 Å². The highest BCUT2D eigenvalue weighted by molar-refractivity contribution is 6.06. The maximum Gasteiger partial charge on any atom is 0.142 e. The Hall–Kier alpha value is -1.43. The van der Waals surface area contributed by atoms with Crippen LogP contribution >= 0.6 is 0 Å². The van der Waals surface area contributed by atoms with E-state index >= 15 is 0 Å². The third-order valence-corrected chi connectivity index (χ3v) is 5.49. The lowest BCUT2D eigenvalue weighted by molar-refractivity contribution is -0.139. The van der Waals surface area contributed by atoms with Gasteiger partial charge in [0.15, 0.2) is 0 Å². The SMILES string of the molecule is CC1(C#N)[C@@H]2C(=O)[C@@H]3[C@H](C(=O)[C@@H]21)[C@@H]1C=C[C@H]3C1. The first-order chi connectivity index (χ1) is 8.09. The van der Waals surface area contributed by atoms with Crippen LogP contribution in [0, 0.1) is 52.3 Å². The van der Waals surface area contributed by atoms with Crippen molar-refractivity contribution in [3.63, 3.8) is 0 Å². The van der Waals surface area contributed by atoms with Gasteiger partial charge in [0.1, 0.15) is 11.6 Å². The molecule has 17 heavy (non-hydrogen) atoms. The molecule has 3 nitrogen and oxygen atoms in total. The number of Topliss-reactive ketones (excluding diaryl/α,β-unsaturated/α-hetero) is 2. The van der Waals surface area contributed by atoms with Crippen molar-refractivity contribution in [3.05, 3.63) is 12.2 Å². The van der Waals surface area contributed by atoms with E-state index in [-0.39, 0.29) is 47.1 Å². The Morgan fingerprint density at radius 2 is 1.65 bits per heavy atom. The molecule has 0 spiro atoms. The molecule has 0 heterocycles. The summed E-state index contributed by atoms with van der Waals surface area (Å²) in [7, 11) is 0. The molecule has 0 aromatic rings. The molecule has 0 N–H and O–H groups in total. The van der Waals surface area contributed by atoms with E-state index in [4.69, 9.17) is 0 Å². The first-order valence-corrected chi connectivity index (χ1v) is 6.26. The number of nitrogens with zero attached hydrogens (tertiary/aromatic N) is 1. The van der Waals surface area contributed by atoms with Gasteiger partial charge in [-0.05, 0) is 25.2 Å². The maximum atomic E-state index is 12.4. The molecule has 0 amide bonds. The normalized spacial score (nSPS) is 57.6. The van der Waals surface area contributed by atoms with E-state index in [2.05, 4.69) is 18.2 Å². The van der Waals surface area contributed by atoms with Crippen LogP contribution in [0.5, 0.6) is 0 Å². The van der Waals surface area contributed by atoms with Crippen LogP contribution in [0.2, 0.25) is 0 Å². The van der Waals surface area contributed by atoms with Crippen molar-refractivity contribution in [2.24, 2.45) is 40.9 Å². The zero-order valence-corrected chi connectivity index (χ0v) is 9.59. The summed E-state index contributed by atoms with van der Waals surface area (Å²) >= 11 is 0. The van der Waals surface area contributed by atoms with Gasteiger partial charge in [-0.15, -0.1) is 0 Å². The standard InChI is InChI=1S/C14H13NO2/c1-14(5-15)10-11(14)13(17)9-7-3-2-6(4-7)8(9)12(10)16/h2-3,6-11H,4H2,1H3/t6-,7+,8-,9+,10-,11+,14?. The Morgan fingerprint density at radius 1 is 1.18 bits per heavy atom. The number of carbonyl (C=O) groups is 2. The summed E-state index contributed by atoms with van der Waals surface area (Å²) in [6.45, 7) is 1.77. The predicted molar refractivity (Wildman–Crippen MR) is 58.4 cm³/mol. The van der Waals surface area contributed by atoms with Crippen LogP contribution < -0.4 is 0 Å². The molecule has 3 heteroatoms. The topological polar surface area (TPSA) is 57.9 Å². The number of ketones is 2. The molecular formula is C14H13NO2. The maximum absolute atomic E-state index is 12.4. The number of rotatable bonds is 0. The number of fused-ring (bicyclic) bond motifs is 6. The fourth-order valence-corrected chi connectivity index (χ4v) is 4.58. The van der Waals surface area contributed by atoms with Crippen molar-refractivity contribution < 1.29 is 9.59 Å². The first kappa shape index (κ1) is 9.58. The molecular weight excluding hydrogens is 214 g/mol. The Labute approximate surface area is 99.5 Å². The van der Waals surface area contributed by atoms with Gasteiger partial charge >= 0.3 is 0 Å². The quantitative estimate of drug-likeness (QED) is 0.587. The Morgan fingerprint density at radius 3 is 2.06 bits per heavy atom. The van der Waals surface area contributed by atoms with E-state index < -0.39 is 5.41 Å². The van der Waals surface area contributed by atoms with Gasteiger partial charge in [-0.1, -0.05) is 12.2 Å². The van der Waals surface area contributed by atoms with E-state index in [1.165, 1.54) is 0 Å². The van der Waals surface area contributed by atoms with Gasteiger partial charge in [0.2, 0.25) is 0 Å². The number of allylic oxidation sites excluding steroid dienone is 2. The summed E-state index contributed by atoms with van der Waals surface area (Å²) in [5.41, 5.74) is -0.696. The number of carbonyl (C=O) groups excluding carboxylic acids is 2. The Kier molecular flexibility index (Phi) is 1.43. The molecule has 0 saturated heterocycles. The molecule has 4 aliphatic carbocycles. The van der Waals surface area contributed by atoms with Crippen LogP contribution in [-0.4, -0.2) is 11.6 Å². The highest BCUT2D eigenvalue weighted by Crippen LogP contribution is 2.68. The van der Waals surface area contributed by atoms with Gasteiger partial charge in [-0.3, -0.25) is 9.59 Å². The molecule has 0 aromatic heterocycles. The van der Waals surface area contributed by atoms with E-state index in [9.17, 15) is 14.9 Å². The first-order valence-electron chi connectivity index (χ1n) is 6.26. The predicted octanol–water partition coefficient (Wildman–Crippen LogP) is 1.35. The fourth-order valence-electron chi connectivity index (χ4n) is 4.58. The summed E-state index contributed by atoms with van der Waals surface area (Å²) in [5, 5.41) is 9.17. The summed E-state index contributed by atoms with van der Waals surface area (Å²) in [4.78, 5) is 24.8. The number of hydrogen-bond donors (Lipinski definition) is 0. The number of hydrogen-bond acceptors (Lipinski definition) is 3. The van der Waals surface area contributed by atoms with Crippen molar-refractivity contribution >= 4 is 11.6 Å². The second-order valence-electron chi connectivity index (χ2n) is 6.15. The second-order valence-corrected chi connectivity index (χ2v) is 6.15. The van der Waals surface area contributed by atoms with Crippen LogP contribution in [0.25, 0.3) is 0 Å². The van der Waals surface area contributed by atoms with Crippen LogP contribution in [-0.2, 0) is 9.59 Å². The lowest BCUT2D eigenvalue weighted by Gasteiger charge is -2.29. The minimum absolute atomic E-state index is 0.103. The minimum atomic E-state index is -0.696. The number of nitriles is 1. The molecule has 0 radical (unpaired) electrons. The smallest absolute Gasteiger partial charge is 0.142 e. The minimum Gasteiger partial charge on any atom is -0.299 e. The Bertz CT molecular complexity index is 491. The molecule has 4 rings (SSSR count). The van der Waals surface area contributed by atoms with Crippen molar-refractivity contribution in [1.82, 2.24) is 0 Å². The van der Waals surface area contributed by atoms with Crippen LogP contribution in [0.3, 0.4) is 0 Å². The summed E-state index contributed by atoms with van der Waals surface area (Å²) in [6, 6.07) is 2.20. The third kappa shape index (κ3) is 0.833. The summed E-state index contributed by atoms with van der Waals surface area (Å²) < 4.78 is 0. The van der Waals surface area contributed by atoms with Gasteiger partial charge in [0.25, 0.3) is 0 Å². The van der Waals surface area contributed by atoms with E-state index in [0.29, 0.717) is 0 Å². The molecule has 0 aliphatic heterocycles. The molecule has 2 bridgehead atoms. The largest absolute Gasteiger partial charge is 0.299 e. The van der Waals surface area contributed by atoms with E-state index in [0.717, 1.165) is 6.42 Å². The Balaban J connectivity index is 1.81. The van der Waals surface area contributed by atoms with Crippen LogP contribution in [0.1, 0.15) is 13.3 Å². The molecule has 86 valence electrons. The van der Waals surface area contributed by atoms with Gasteiger partial charge in [-0.2, -0.15) is 5.26 Å². The fraction of sp³-hybridized carbons (Fsp3) is 0.643. The zero-order valence-electron chi connectivity index (χ0n) is 9.59. The average Bonchev–Trinajstić information content (AvgIpc) is 2.70. The average molecular weight is 227 g/mol. The zero-order chi connectivity index (χ0) is 11.9. The van der Waals surface area contributed by atoms with Crippen molar-refractivity contribution in [1.29, 1.82) is 5.26 Å². The monoisotopic (exact) mass is 227 g/mol. The molecule has 4 aliphatic rings. The van der Waals surface area contributed by atoms with Gasteiger partial charge in [-0.25, -0.2) is 0 Å². The lowest BCUT2D eigenvalue weighted by Crippen LogP contribution is -2.39. The molecule has 0 aromatic carbocycles. The van der Waals surface area contributed by atoms with Crippen molar-refractivity contribution in [2.75, 3.05) is 0 Å². The molecule has 7 atom stereocenters. The molecule has 3 saturated carbocycles. The van der Waals surface area contributed by atoms with Crippen LogP contribution in [0.15, 0.2) is 12.2 Å².